The first-order chi connectivity index (χ1) is 13.7. The van der Waals surface area contributed by atoms with E-state index in [1.165, 1.54) is 11.5 Å². The molecule has 0 amide bonds. The number of imidazole rings is 1. The average molecular weight is 415 g/mol. The van der Waals surface area contributed by atoms with Crippen LogP contribution >= 0.6 is 23.1 Å². The number of halogens is 1. The molecule has 1 aliphatic rings. The molecule has 1 atom stereocenters. The number of aromatic nitrogens is 6. The molecule has 3 N–H and O–H groups in total. The Bertz CT molecular complexity index is 1110. The van der Waals surface area contributed by atoms with Gasteiger partial charge in [0.05, 0.1) is 34.5 Å². The lowest BCUT2D eigenvalue weighted by atomic mass is 9.96. The van der Waals surface area contributed by atoms with Crippen molar-refractivity contribution in [2.45, 2.75) is 25.7 Å². The van der Waals surface area contributed by atoms with E-state index in [1.54, 1.807) is 6.20 Å². The van der Waals surface area contributed by atoms with Gasteiger partial charge < -0.3 is 10.6 Å². The highest BCUT2D eigenvalue weighted by Crippen LogP contribution is 2.34. The molecule has 1 saturated heterocycles. The fourth-order valence-electron chi connectivity index (χ4n) is 3.54. The van der Waals surface area contributed by atoms with E-state index >= 15 is 0 Å². The van der Waals surface area contributed by atoms with Gasteiger partial charge in [-0.2, -0.15) is 9.47 Å². The van der Waals surface area contributed by atoms with Crippen molar-refractivity contribution in [2.75, 3.05) is 18.4 Å². The third-order valence-corrected chi connectivity index (χ3v) is 6.47. The first kappa shape index (κ1) is 17.6. The maximum absolute atomic E-state index is 6.39. The van der Waals surface area contributed by atoms with Crippen molar-refractivity contribution in [2.24, 2.45) is 0 Å². The first-order valence-electron chi connectivity index (χ1n) is 9.17. The van der Waals surface area contributed by atoms with Crippen LogP contribution in [0.5, 0.6) is 0 Å². The standard InChI is InChI=1S/C18H19ClN8S/c1-10-15(19)18(28-26-10)25-16-17-21-8-14(12-6-22-23-7-12)27(17)9-13(24-16)11-3-2-4-20-5-11/h6-9,11,20H,2-5H2,1H3,(H,22,23)(H,24,25). The quantitative estimate of drug-likeness (QED) is 0.470. The number of aromatic amines is 1. The Balaban J connectivity index is 1.65. The van der Waals surface area contributed by atoms with Crippen molar-refractivity contribution in [3.63, 3.8) is 0 Å². The summed E-state index contributed by atoms with van der Waals surface area (Å²) in [4.78, 5) is 9.54. The van der Waals surface area contributed by atoms with Gasteiger partial charge >= 0.3 is 0 Å². The number of rotatable bonds is 4. The van der Waals surface area contributed by atoms with E-state index in [4.69, 9.17) is 16.6 Å². The molecule has 5 rings (SSSR count). The lowest BCUT2D eigenvalue weighted by Gasteiger charge is -2.23. The number of nitrogens with one attached hydrogen (secondary N) is 3. The van der Waals surface area contributed by atoms with E-state index in [1.807, 2.05) is 19.3 Å². The van der Waals surface area contributed by atoms with Crippen LogP contribution in [0.25, 0.3) is 16.9 Å². The number of H-pyrrole nitrogens is 1. The minimum Gasteiger partial charge on any atom is -0.326 e. The predicted octanol–water partition coefficient (Wildman–Crippen LogP) is 3.75. The zero-order valence-electron chi connectivity index (χ0n) is 15.2. The number of hydrogen-bond acceptors (Lipinski definition) is 7. The molecule has 1 fully saturated rings. The molecule has 0 saturated carbocycles. The van der Waals surface area contributed by atoms with Crippen molar-refractivity contribution in [1.29, 1.82) is 0 Å². The second kappa shape index (κ2) is 7.16. The zero-order chi connectivity index (χ0) is 19.1. The van der Waals surface area contributed by atoms with Crippen molar-refractivity contribution >= 4 is 39.6 Å². The van der Waals surface area contributed by atoms with E-state index in [0.717, 1.165) is 59.2 Å². The Hall–Kier alpha value is -2.49. The Kier molecular flexibility index (Phi) is 4.50. The second-order valence-corrected chi connectivity index (χ2v) is 8.07. The maximum atomic E-state index is 6.39. The lowest BCUT2D eigenvalue weighted by Crippen LogP contribution is -2.29. The smallest absolute Gasteiger partial charge is 0.180 e. The molecule has 5 heterocycles. The Morgan fingerprint density at radius 1 is 1.36 bits per heavy atom. The monoisotopic (exact) mass is 414 g/mol. The van der Waals surface area contributed by atoms with Crippen molar-refractivity contribution in [1.82, 2.24) is 34.3 Å². The van der Waals surface area contributed by atoms with Crippen LogP contribution in [0.2, 0.25) is 5.02 Å². The van der Waals surface area contributed by atoms with Crippen LogP contribution in [0.15, 0.2) is 24.8 Å². The van der Waals surface area contributed by atoms with Crippen LogP contribution in [0.1, 0.15) is 30.1 Å². The highest BCUT2D eigenvalue weighted by molar-refractivity contribution is 7.11. The summed E-state index contributed by atoms with van der Waals surface area (Å²) in [5, 5.41) is 15.2. The highest BCUT2D eigenvalue weighted by Gasteiger charge is 2.21. The molecule has 0 bridgehead atoms. The lowest BCUT2D eigenvalue weighted by molar-refractivity contribution is 0.454. The molecule has 0 aromatic carbocycles. The van der Waals surface area contributed by atoms with Crippen molar-refractivity contribution in [3.8, 4) is 11.3 Å². The van der Waals surface area contributed by atoms with Gasteiger partial charge in [-0.25, -0.2) is 9.97 Å². The van der Waals surface area contributed by atoms with Gasteiger partial charge in [0.2, 0.25) is 0 Å². The number of fused-ring (bicyclic) bond motifs is 1. The van der Waals surface area contributed by atoms with Crippen LogP contribution in [-0.2, 0) is 0 Å². The molecule has 0 spiro atoms. The van der Waals surface area contributed by atoms with Crippen LogP contribution in [0.3, 0.4) is 0 Å². The average Bonchev–Trinajstić information content (AvgIpc) is 3.45. The SMILES string of the molecule is Cc1nsc(Nc2nc(C3CCCNC3)cn3c(-c4cn[nH]c4)cnc23)c1Cl. The molecule has 1 unspecified atom stereocenters. The van der Waals surface area contributed by atoms with E-state index < -0.39 is 0 Å². The number of piperidine rings is 1. The largest absolute Gasteiger partial charge is 0.326 e. The Labute approximate surface area is 170 Å². The fourth-order valence-corrected chi connectivity index (χ4v) is 4.47. The number of aryl methyl sites for hydroxylation is 1. The predicted molar refractivity (Wildman–Crippen MR) is 111 cm³/mol. The number of anilines is 2. The van der Waals surface area contributed by atoms with E-state index in [0.29, 0.717) is 16.8 Å². The van der Waals surface area contributed by atoms with Gasteiger partial charge in [-0.05, 0) is 37.8 Å². The van der Waals surface area contributed by atoms with Gasteiger partial charge in [-0.1, -0.05) is 11.6 Å². The van der Waals surface area contributed by atoms with Gasteiger partial charge in [0.25, 0.3) is 0 Å². The summed E-state index contributed by atoms with van der Waals surface area (Å²) in [5.41, 5.74) is 4.52. The maximum Gasteiger partial charge on any atom is 0.180 e. The van der Waals surface area contributed by atoms with Crippen LogP contribution in [-0.4, -0.2) is 42.0 Å². The molecule has 1 aliphatic heterocycles. The Morgan fingerprint density at radius 2 is 2.29 bits per heavy atom. The number of hydrogen-bond donors (Lipinski definition) is 3. The number of nitrogens with zero attached hydrogens (tertiary/aromatic N) is 5. The molecule has 28 heavy (non-hydrogen) atoms. The summed E-state index contributed by atoms with van der Waals surface area (Å²) >= 11 is 7.72. The summed E-state index contributed by atoms with van der Waals surface area (Å²) in [6.07, 6.45) is 9.85. The summed E-state index contributed by atoms with van der Waals surface area (Å²) in [5.74, 6) is 1.04. The van der Waals surface area contributed by atoms with Crippen molar-refractivity contribution < 1.29 is 0 Å². The second-order valence-electron chi connectivity index (χ2n) is 6.92. The van der Waals surface area contributed by atoms with Gasteiger partial charge in [0, 0.05) is 30.4 Å². The molecule has 0 aliphatic carbocycles. The molecule has 4 aromatic heterocycles. The molecule has 144 valence electrons. The van der Waals surface area contributed by atoms with Gasteiger partial charge in [-0.3, -0.25) is 9.50 Å². The highest BCUT2D eigenvalue weighted by atomic mass is 35.5. The topological polar surface area (TPSA) is 95.8 Å². The summed E-state index contributed by atoms with van der Waals surface area (Å²) < 4.78 is 6.40. The van der Waals surface area contributed by atoms with Gasteiger partial charge in [0.1, 0.15) is 5.00 Å². The molecule has 10 heteroatoms. The third-order valence-electron chi connectivity index (χ3n) is 5.04. The molecular weight excluding hydrogens is 396 g/mol. The minimum absolute atomic E-state index is 0.358. The molecule has 4 aromatic rings. The van der Waals surface area contributed by atoms with E-state index in [-0.39, 0.29) is 0 Å². The Morgan fingerprint density at radius 3 is 3.00 bits per heavy atom. The van der Waals surface area contributed by atoms with Crippen molar-refractivity contribution in [3.05, 3.63) is 41.2 Å². The first-order valence-corrected chi connectivity index (χ1v) is 10.3. The van der Waals surface area contributed by atoms with E-state index in [2.05, 4.69) is 40.8 Å². The zero-order valence-corrected chi connectivity index (χ0v) is 16.8. The fraction of sp³-hybridized carbons (Fsp3) is 0.333. The summed E-state index contributed by atoms with van der Waals surface area (Å²) in [6, 6.07) is 0. The molecule has 0 radical (unpaired) electrons. The summed E-state index contributed by atoms with van der Waals surface area (Å²) in [7, 11) is 0. The van der Waals surface area contributed by atoms with E-state index in [9.17, 15) is 0 Å². The summed E-state index contributed by atoms with van der Waals surface area (Å²) in [6.45, 7) is 3.88. The molecular formula is C18H19ClN8S. The third kappa shape index (κ3) is 3.05. The van der Waals surface area contributed by atoms with Crippen LogP contribution in [0.4, 0.5) is 10.8 Å². The minimum atomic E-state index is 0.358. The normalized spacial score (nSPS) is 17.3. The van der Waals surface area contributed by atoms with Crippen LogP contribution < -0.4 is 10.6 Å². The van der Waals surface area contributed by atoms with Crippen LogP contribution in [0, 0.1) is 6.92 Å². The van der Waals surface area contributed by atoms with Gasteiger partial charge in [-0.15, -0.1) is 0 Å². The molecule has 8 nitrogen and oxygen atoms in total. The van der Waals surface area contributed by atoms with Gasteiger partial charge in [0.15, 0.2) is 11.5 Å².